The van der Waals surface area contributed by atoms with Gasteiger partial charge < -0.3 is 14.8 Å². The molecule has 0 heterocycles. The van der Waals surface area contributed by atoms with Crippen molar-refractivity contribution in [2.75, 3.05) is 11.9 Å². The van der Waals surface area contributed by atoms with E-state index in [4.69, 9.17) is 9.47 Å². The van der Waals surface area contributed by atoms with Crippen molar-refractivity contribution in [3.63, 3.8) is 0 Å². The third-order valence-corrected chi connectivity index (χ3v) is 4.54. The van der Waals surface area contributed by atoms with E-state index < -0.39 is 0 Å². The van der Waals surface area contributed by atoms with Gasteiger partial charge >= 0.3 is 0 Å². The highest BCUT2D eigenvalue weighted by Gasteiger charge is 2.07. The molecule has 0 aliphatic carbocycles. The Balaban J connectivity index is 1.39. The second-order valence-corrected chi connectivity index (χ2v) is 7.15. The molecule has 0 fully saturated rings. The zero-order valence-electron chi connectivity index (χ0n) is 18.5. The summed E-state index contributed by atoms with van der Waals surface area (Å²) < 4.78 is 11.2. The average Bonchev–Trinajstić information content (AvgIpc) is 2.84. The van der Waals surface area contributed by atoms with Gasteiger partial charge in [-0.15, -0.1) is 0 Å². The first-order chi connectivity index (χ1) is 16.1. The Kier molecular flexibility index (Phi) is 9.03. The van der Waals surface area contributed by atoms with Crippen LogP contribution in [0.5, 0.6) is 11.5 Å². The van der Waals surface area contributed by atoms with Gasteiger partial charge in [-0.3, -0.25) is 9.59 Å². The highest BCUT2D eigenvalue weighted by molar-refractivity contribution is 5.93. The van der Waals surface area contributed by atoms with Crippen LogP contribution in [0.2, 0.25) is 0 Å². The van der Waals surface area contributed by atoms with Crippen LogP contribution >= 0.6 is 0 Å². The van der Waals surface area contributed by atoms with E-state index in [0.717, 1.165) is 16.9 Å². The maximum absolute atomic E-state index is 12.0. The predicted molar refractivity (Wildman–Crippen MR) is 128 cm³/mol. The third kappa shape index (κ3) is 8.49. The van der Waals surface area contributed by atoms with Crippen molar-refractivity contribution in [1.29, 1.82) is 0 Å². The molecule has 0 aliphatic heterocycles. The number of hydrogen-bond acceptors (Lipinski definition) is 5. The molecule has 0 spiro atoms. The number of carbonyl (C=O) groups excluding carboxylic acids is 2. The smallest absolute Gasteiger partial charge is 0.240 e. The highest BCUT2D eigenvalue weighted by Crippen LogP contribution is 2.16. The summed E-state index contributed by atoms with van der Waals surface area (Å²) >= 11 is 0. The van der Waals surface area contributed by atoms with Gasteiger partial charge in [0.15, 0.2) is 0 Å². The van der Waals surface area contributed by atoms with Crippen LogP contribution in [0.25, 0.3) is 0 Å². The van der Waals surface area contributed by atoms with Gasteiger partial charge in [0.1, 0.15) is 18.1 Å². The number of benzene rings is 3. The standard InChI is InChI=1S/C26H27N3O4/c1-2-32-23-13-11-22(12-14-23)28-25(30)15-16-26(31)29-27-18-21-9-6-10-24(17-21)33-19-20-7-4-3-5-8-20/h3-14,17-18H,2,15-16,19H2,1H3,(H,28,30)(H,29,31)/b27-18+. The summed E-state index contributed by atoms with van der Waals surface area (Å²) in [5, 5.41) is 6.72. The largest absolute Gasteiger partial charge is 0.494 e. The van der Waals surface area contributed by atoms with Crippen LogP contribution in [-0.2, 0) is 16.2 Å². The van der Waals surface area contributed by atoms with Gasteiger partial charge in [0.05, 0.1) is 12.8 Å². The molecule has 2 amide bonds. The number of nitrogens with zero attached hydrogens (tertiary/aromatic N) is 1. The molecule has 0 aliphatic rings. The maximum Gasteiger partial charge on any atom is 0.240 e. The SMILES string of the molecule is CCOc1ccc(NC(=O)CCC(=O)N/N=C/c2cccc(OCc3ccccc3)c2)cc1. The van der Waals surface area contributed by atoms with E-state index in [-0.39, 0.29) is 24.7 Å². The van der Waals surface area contributed by atoms with Crippen LogP contribution in [0.1, 0.15) is 30.9 Å². The van der Waals surface area contributed by atoms with E-state index in [0.29, 0.717) is 24.7 Å². The molecule has 0 aromatic heterocycles. The summed E-state index contributed by atoms with van der Waals surface area (Å²) in [5.74, 6) is 0.854. The first-order valence-electron chi connectivity index (χ1n) is 10.7. The zero-order valence-corrected chi connectivity index (χ0v) is 18.5. The number of rotatable bonds is 11. The van der Waals surface area contributed by atoms with Crippen molar-refractivity contribution >= 4 is 23.7 Å². The van der Waals surface area contributed by atoms with Crippen LogP contribution in [0.15, 0.2) is 84.0 Å². The molecule has 7 heteroatoms. The second kappa shape index (κ2) is 12.7. The average molecular weight is 446 g/mol. The fourth-order valence-electron chi connectivity index (χ4n) is 2.91. The Morgan fingerprint density at radius 1 is 0.848 bits per heavy atom. The summed E-state index contributed by atoms with van der Waals surface area (Å²) in [5.41, 5.74) is 4.96. The number of hydrazone groups is 1. The van der Waals surface area contributed by atoms with Crippen molar-refractivity contribution in [2.24, 2.45) is 5.10 Å². The molecule has 3 rings (SSSR count). The van der Waals surface area contributed by atoms with Crippen molar-refractivity contribution in [3.8, 4) is 11.5 Å². The maximum atomic E-state index is 12.0. The molecule has 0 bridgehead atoms. The topological polar surface area (TPSA) is 89.0 Å². The summed E-state index contributed by atoms with van der Waals surface area (Å²) in [7, 11) is 0. The van der Waals surface area contributed by atoms with Crippen molar-refractivity contribution in [3.05, 3.63) is 90.0 Å². The molecule has 0 saturated carbocycles. The van der Waals surface area contributed by atoms with E-state index in [1.165, 1.54) is 6.21 Å². The van der Waals surface area contributed by atoms with Gasteiger partial charge in [-0.25, -0.2) is 5.43 Å². The molecule has 0 radical (unpaired) electrons. The number of carbonyl (C=O) groups is 2. The van der Waals surface area contributed by atoms with Gasteiger partial charge in [0.2, 0.25) is 11.8 Å². The lowest BCUT2D eigenvalue weighted by Gasteiger charge is -2.07. The number of ether oxygens (including phenoxy) is 2. The molecule has 170 valence electrons. The first kappa shape index (κ1) is 23.5. The lowest BCUT2D eigenvalue weighted by Crippen LogP contribution is -2.20. The molecular weight excluding hydrogens is 418 g/mol. The van der Waals surface area contributed by atoms with Crippen LogP contribution < -0.4 is 20.2 Å². The Morgan fingerprint density at radius 2 is 1.61 bits per heavy atom. The lowest BCUT2D eigenvalue weighted by molar-refractivity contribution is -0.124. The predicted octanol–water partition coefficient (Wildman–Crippen LogP) is 4.53. The third-order valence-electron chi connectivity index (χ3n) is 4.54. The second-order valence-electron chi connectivity index (χ2n) is 7.15. The minimum absolute atomic E-state index is 0.0282. The van der Waals surface area contributed by atoms with E-state index >= 15 is 0 Å². The van der Waals surface area contributed by atoms with Gasteiger partial charge in [-0.2, -0.15) is 5.10 Å². The molecule has 2 N–H and O–H groups in total. The lowest BCUT2D eigenvalue weighted by atomic mass is 10.2. The molecule has 33 heavy (non-hydrogen) atoms. The number of anilines is 1. The molecule has 3 aromatic rings. The number of amides is 2. The van der Waals surface area contributed by atoms with E-state index in [1.807, 2.05) is 61.5 Å². The van der Waals surface area contributed by atoms with E-state index in [9.17, 15) is 9.59 Å². The number of nitrogens with one attached hydrogen (secondary N) is 2. The van der Waals surface area contributed by atoms with Crippen molar-refractivity contribution in [2.45, 2.75) is 26.4 Å². The quantitative estimate of drug-likeness (QED) is 0.335. The first-order valence-corrected chi connectivity index (χ1v) is 10.7. The van der Waals surface area contributed by atoms with E-state index in [1.54, 1.807) is 24.3 Å². The molecule has 7 nitrogen and oxygen atoms in total. The van der Waals surface area contributed by atoms with Crippen LogP contribution in [0, 0.1) is 0 Å². The Labute approximate surface area is 193 Å². The van der Waals surface area contributed by atoms with Crippen LogP contribution in [0.4, 0.5) is 5.69 Å². The molecular formula is C26H27N3O4. The van der Waals surface area contributed by atoms with Gasteiger partial charge in [-0.05, 0) is 54.4 Å². The zero-order chi connectivity index (χ0) is 23.3. The minimum atomic E-state index is -0.343. The van der Waals surface area contributed by atoms with Gasteiger partial charge in [0, 0.05) is 18.5 Å². The summed E-state index contributed by atoms with van der Waals surface area (Å²) in [6.07, 6.45) is 1.62. The van der Waals surface area contributed by atoms with Gasteiger partial charge in [0.25, 0.3) is 0 Å². The summed E-state index contributed by atoms with van der Waals surface area (Å²) in [6, 6.07) is 24.4. The monoisotopic (exact) mass is 445 g/mol. The fraction of sp³-hybridized carbons (Fsp3) is 0.192. The molecule has 0 saturated heterocycles. The molecule has 3 aromatic carbocycles. The number of hydrogen-bond donors (Lipinski definition) is 2. The van der Waals surface area contributed by atoms with Crippen molar-refractivity contribution in [1.82, 2.24) is 5.43 Å². The van der Waals surface area contributed by atoms with Crippen molar-refractivity contribution < 1.29 is 19.1 Å². The minimum Gasteiger partial charge on any atom is -0.494 e. The van der Waals surface area contributed by atoms with Crippen LogP contribution in [0.3, 0.4) is 0 Å². The Bertz CT molecular complexity index is 1070. The normalized spacial score (nSPS) is 10.6. The van der Waals surface area contributed by atoms with Gasteiger partial charge in [-0.1, -0.05) is 42.5 Å². The van der Waals surface area contributed by atoms with Crippen LogP contribution in [-0.4, -0.2) is 24.6 Å². The Hall–Kier alpha value is -4.13. The Morgan fingerprint density at radius 3 is 2.36 bits per heavy atom. The summed E-state index contributed by atoms with van der Waals surface area (Å²) in [6.45, 7) is 2.96. The molecule has 0 atom stereocenters. The van der Waals surface area contributed by atoms with E-state index in [2.05, 4.69) is 15.8 Å². The molecule has 0 unspecified atom stereocenters. The fourth-order valence-corrected chi connectivity index (χ4v) is 2.91. The highest BCUT2D eigenvalue weighted by atomic mass is 16.5. The summed E-state index contributed by atoms with van der Waals surface area (Å²) in [4.78, 5) is 24.0.